The van der Waals surface area contributed by atoms with E-state index in [4.69, 9.17) is 0 Å². The number of aromatic nitrogens is 1. The van der Waals surface area contributed by atoms with Crippen molar-refractivity contribution in [3.8, 4) is 11.1 Å². The third-order valence-corrected chi connectivity index (χ3v) is 4.35. The van der Waals surface area contributed by atoms with Gasteiger partial charge in [0.1, 0.15) is 5.56 Å². The first-order valence-corrected chi connectivity index (χ1v) is 8.30. The van der Waals surface area contributed by atoms with Crippen LogP contribution in [0.1, 0.15) is 21.5 Å². The summed E-state index contributed by atoms with van der Waals surface area (Å²) in [7, 11) is 1.62. The van der Waals surface area contributed by atoms with E-state index in [0.29, 0.717) is 11.3 Å². The quantitative estimate of drug-likeness (QED) is 0.769. The van der Waals surface area contributed by atoms with Crippen LogP contribution in [0.3, 0.4) is 0 Å². The molecule has 26 heavy (non-hydrogen) atoms. The normalized spacial score (nSPS) is 10.4. The van der Waals surface area contributed by atoms with Crippen molar-refractivity contribution in [3.05, 3.63) is 94.4 Å². The summed E-state index contributed by atoms with van der Waals surface area (Å²) in [6.45, 7) is 5.65. The van der Waals surface area contributed by atoms with Crippen LogP contribution in [0.25, 0.3) is 17.2 Å². The van der Waals surface area contributed by atoms with Crippen LogP contribution in [0.5, 0.6) is 0 Å². The van der Waals surface area contributed by atoms with Gasteiger partial charge in [0.25, 0.3) is 11.5 Å². The van der Waals surface area contributed by atoms with E-state index >= 15 is 0 Å². The average molecular weight is 344 g/mol. The molecule has 1 heterocycles. The van der Waals surface area contributed by atoms with E-state index in [1.165, 1.54) is 4.57 Å². The Labute approximate surface area is 152 Å². The van der Waals surface area contributed by atoms with Gasteiger partial charge in [-0.1, -0.05) is 55.1 Å². The van der Waals surface area contributed by atoms with E-state index in [0.717, 1.165) is 16.7 Å². The predicted molar refractivity (Wildman–Crippen MR) is 106 cm³/mol. The Kier molecular flexibility index (Phi) is 4.85. The molecule has 1 aromatic heterocycles. The van der Waals surface area contributed by atoms with Crippen molar-refractivity contribution in [2.75, 3.05) is 5.32 Å². The van der Waals surface area contributed by atoms with Gasteiger partial charge in [0.2, 0.25) is 0 Å². The number of benzene rings is 2. The number of amides is 1. The molecule has 0 fully saturated rings. The van der Waals surface area contributed by atoms with Crippen LogP contribution >= 0.6 is 0 Å². The SMILES string of the molecule is C=Cc1cc(C(=O)Nc2cccc(-c3ccccc3)c2C)c(=O)n(C)c1. The van der Waals surface area contributed by atoms with Gasteiger partial charge < -0.3 is 9.88 Å². The Bertz CT molecular complexity index is 1030. The lowest BCUT2D eigenvalue weighted by molar-refractivity contribution is 0.102. The van der Waals surface area contributed by atoms with Crippen molar-refractivity contribution in [2.24, 2.45) is 7.05 Å². The lowest BCUT2D eigenvalue weighted by Crippen LogP contribution is -2.27. The molecule has 4 nitrogen and oxygen atoms in total. The van der Waals surface area contributed by atoms with Crippen LogP contribution in [0.15, 0.2) is 72.2 Å². The van der Waals surface area contributed by atoms with Crippen LogP contribution in [-0.4, -0.2) is 10.5 Å². The van der Waals surface area contributed by atoms with Crippen molar-refractivity contribution >= 4 is 17.7 Å². The molecule has 3 rings (SSSR count). The van der Waals surface area contributed by atoms with Gasteiger partial charge in [0.15, 0.2) is 0 Å². The average Bonchev–Trinajstić information content (AvgIpc) is 2.66. The maximum Gasteiger partial charge on any atom is 0.263 e. The fourth-order valence-corrected chi connectivity index (χ4v) is 2.90. The molecule has 0 spiro atoms. The van der Waals surface area contributed by atoms with Crippen LogP contribution in [0, 0.1) is 6.92 Å². The smallest absolute Gasteiger partial charge is 0.263 e. The Morgan fingerprint density at radius 3 is 2.54 bits per heavy atom. The third-order valence-electron chi connectivity index (χ3n) is 4.35. The number of aryl methyl sites for hydroxylation is 1. The highest BCUT2D eigenvalue weighted by Crippen LogP contribution is 2.28. The van der Waals surface area contributed by atoms with Gasteiger partial charge in [0, 0.05) is 18.9 Å². The second kappa shape index (κ2) is 7.23. The van der Waals surface area contributed by atoms with Gasteiger partial charge >= 0.3 is 0 Å². The monoisotopic (exact) mass is 344 g/mol. The van der Waals surface area contributed by atoms with Crippen LogP contribution in [-0.2, 0) is 7.05 Å². The number of anilines is 1. The molecule has 2 aromatic carbocycles. The van der Waals surface area contributed by atoms with Gasteiger partial charge in [0.05, 0.1) is 0 Å². The first-order chi connectivity index (χ1) is 12.5. The second-order valence-electron chi connectivity index (χ2n) is 6.11. The molecule has 0 saturated heterocycles. The summed E-state index contributed by atoms with van der Waals surface area (Å²) >= 11 is 0. The summed E-state index contributed by atoms with van der Waals surface area (Å²) in [5.74, 6) is -0.428. The summed E-state index contributed by atoms with van der Waals surface area (Å²) in [6.07, 6.45) is 3.25. The molecular formula is C22H20N2O2. The number of carbonyl (C=O) groups excluding carboxylic acids is 1. The molecule has 1 amide bonds. The van der Waals surface area contributed by atoms with Gasteiger partial charge in [-0.25, -0.2) is 0 Å². The number of rotatable bonds is 4. The molecule has 0 bridgehead atoms. The molecule has 0 aliphatic carbocycles. The minimum absolute atomic E-state index is 0.0921. The van der Waals surface area contributed by atoms with Gasteiger partial charge in [-0.05, 0) is 41.3 Å². The lowest BCUT2D eigenvalue weighted by atomic mass is 9.99. The highest BCUT2D eigenvalue weighted by molar-refractivity contribution is 6.05. The Balaban J connectivity index is 1.98. The second-order valence-corrected chi connectivity index (χ2v) is 6.11. The third kappa shape index (κ3) is 3.35. The minimum atomic E-state index is -0.428. The predicted octanol–water partition coefficient (Wildman–Crippen LogP) is 4.26. The molecule has 0 aliphatic rings. The zero-order valence-electron chi connectivity index (χ0n) is 14.8. The Morgan fingerprint density at radius 1 is 1.12 bits per heavy atom. The van der Waals surface area contributed by atoms with Crippen molar-refractivity contribution in [1.29, 1.82) is 0 Å². The summed E-state index contributed by atoms with van der Waals surface area (Å²) in [4.78, 5) is 25.0. The van der Waals surface area contributed by atoms with Crippen molar-refractivity contribution < 1.29 is 4.79 Å². The summed E-state index contributed by atoms with van der Waals surface area (Å²) < 4.78 is 1.39. The molecule has 0 saturated carbocycles. The van der Waals surface area contributed by atoms with Gasteiger partial charge in [-0.3, -0.25) is 9.59 Å². The minimum Gasteiger partial charge on any atom is -0.322 e. The summed E-state index contributed by atoms with van der Waals surface area (Å²) in [5, 5.41) is 2.87. The number of pyridine rings is 1. The standard InChI is InChI=1S/C22H20N2O2/c1-4-16-13-19(22(26)24(3)14-16)21(25)23-20-12-8-11-18(15(20)2)17-9-6-5-7-10-17/h4-14H,1H2,2-3H3,(H,23,25). The first kappa shape index (κ1) is 17.4. The van der Waals surface area contributed by atoms with E-state index in [1.54, 1.807) is 25.4 Å². The summed E-state index contributed by atoms with van der Waals surface area (Å²) in [5.41, 5.74) is 4.21. The fourth-order valence-electron chi connectivity index (χ4n) is 2.90. The van der Waals surface area contributed by atoms with Crippen LogP contribution < -0.4 is 10.9 Å². The molecular weight excluding hydrogens is 324 g/mol. The van der Waals surface area contributed by atoms with Crippen LogP contribution in [0.2, 0.25) is 0 Å². The maximum atomic E-state index is 12.7. The number of hydrogen-bond donors (Lipinski definition) is 1. The Hall–Kier alpha value is -3.40. The van der Waals surface area contributed by atoms with E-state index in [1.807, 2.05) is 55.5 Å². The highest BCUT2D eigenvalue weighted by atomic mass is 16.2. The van der Waals surface area contributed by atoms with E-state index in [-0.39, 0.29) is 11.1 Å². The topological polar surface area (TPSA) is 51.1 Å². The first-order valence-electron chi connectivity index (χ1n) is 8.30. The fraction of sp³-hybridized carbons (Fsp3) is 0.0909. The molecule has 0 aliphatic heterocycles. The van der Waals surface area contributed by atoms with Gasteiger partial charge in [-0.2, -0.15) is 0 Å². The van der Waals surface area contributed by atoms with Crippen LogP contribution in [0.4, 0.5) is 5.69 Å². The van der Waals surface area contributed by atoms with Crippen molar-refractivity contribution in [1.82, 2.24) is 4.57 Å². The zero-order chi connectivity index (χ0) is 18.7. The molecule has 3 aromatic rings. The number of nitrogens with zero attached hydrogens (tertiary/aromatic N) is 1. The van der Waals surface area contributed by atoms with E-state index in [2.05, 4.69) is 11.9 Å². The molecule has 130 valence electrons. The molecule has 4 heteroatoms. The van der Waals surface area contributed by atoms with E-state index in [9.17, 15) is 9.59 Å². The number of nitrogens with one attached hydrogen (secondary N) is 1. The Morgan fingerprint density at radius 2 is 1.85 bits per heavy atom. The molecule has 0 unspecified atom stereocenters. The van der Waals surface area contributed by atoms with Crippen molar-refractivity contribution in [3.63, 3.8) is 0 Å². The number of hydrogen-bond acceptors (Lipinski definition) is 2. The molecule has 1 N–H and O–H groups in total. The summed E-state index contributed by atoms with van der Waals surface area (Å²) in [6, 6.07) is 17.3. The van der Waals surface area contributed by atoms with E-state index < -0.39 is 5.91 Å². The van der Waals surface area contributed by atoms with Crippen molar-refractivity contribution in [2.45, 2.75) is 6.92 Å². The largest absolute Gasteiger partial charge is 0.322 e. The van der Waals surface area contributed by atoms with Gasteiger partial charge in [-0.15, -0.1) is 0 Å². The highest BCUT2D eigenvalue weighted by Gasteiger charge is 2.15. The zero-order valence-corrected chi connectivity index (χ0v) is 14.8. The molecule has 0 atom stereocenters. The number of carbonyl (C=O) groups is 1. The maximum absolute atomic E-state index is 12.7. The molecule has 0 radical (unpaired) electrons. The lowest BCUT2D eigenvalue weighted by Gasteiger charge is -2.13.